The summed E-state index contributed by atoms with van der Waals surface area (Å²) in [6.07, 6.45) is 0.154. The Morgan fingerprint density at radius 3 is 3.06 bits per heavy atom. The number of nitrogens with zero attached hydrogens (tertiary/aromatic N) is 1. The number of methoxy groups -OCH3 is 1. The largest absolute Gasteiger partial charge is 0.495 e. The quantitative estimate of drug-likeness (QED) is 0.893. The number of benzene rings is 1. The molecule has 1 aromatic carbocycles. The highest BCUT2D eigenvalue weighted by Crippen LogP contribution is 2.43. The van der Waals surface area contributed by atoms with Crippen LogP contribution in [0.5, 0.6) is 5.75 Å². The van der Waals surface area contributed by atoms with Crippen LogP contribution in [0.3, 0.4) is 0 Å². The van der Waals surface area contributed by atoms with E-state index in [4.69, 9.17) is 9.84 Å². The summed E-state index contributed by atoms with van der Waals surface area (Å²) in [6.45, 7) is 0. The molecule has 0 aromatic heterocycles. The Bertz CT molecular complexity index is 422. The normalized spacial score (nSPS) is 18.7. The molecule has 2 rings (SSSR count). The van der Waals surface area contributed by atoms with Crippen molar-refractivity contribution < 1.29 is 14.6 Å². The summed E-state index contributed by atoms with van der Waals surface area (Å²) in [5.41, 5.74) is 0.998. The highest BCUT2D eigenvalue weighted by atomic mass is 32.2. The van der Waals surface area contributed by atoms with Gasteiger partial charge in [-0.2, -0.15) is 0 Å². The number of anilines is 1. The standard InChI is InChI=1S/C12H15NO3S/c1-13-8(6-11(14)15)7-17-10-5-3-4-9(16-2)12(10)13/h3-5,8H,6-7H2,1-2H3,(H,14,15). The molecule has 0 radical (unpaired) electrons. The Labute approximate surface area is 105 Å². The fourth-order valence-corrected chi connectivity index (χ4v) is 3.28. The lowest BCUT2D eigenvalue weighted by molar-refractivity contribution is -0.137. The Morgan fingerprint density at radius 2 is 2.41 bits per heavy atom. The van der Waals surface area contributed by atoms with Gasteiger partial charge in [-0.25, -0.2) is 0 Å². The molecule has 0 spiro atoms. The second kappa shape index (κ2) is 4.87. The van der Waals surface area contributed by atoms with E-state index in [0.29, 0.717) is 0 Å². The van der Waals surface area contributed by atoms with E-state index in [2.05, 4.69) is 0 Å². The zero-order valence-electron chi connectivity index (χ0n) is 9.84. The summed E-state index contributed by atoms with van der Waals surface area (Å²) in [7, 11) is 3.56. The minimum absolute atomic E-state index is 0.0151. The fourth-order valence-electron chi connectivity index (χ4n) is 2.01. The third kappa shape index (κ3) is 2.34. The van der Waals surface area contributed by atoms with Gasteiger partial charge in [0.25, 0.3) is 0 Å². The predicted octanol–water partition coefficient (Wildman–Crippen LogP) is 2.08. The molecule has 0 saturated carbocycles. The van der Waals surface area contributed by atoms with E-state index in [-0.39, 0.29) is 12.5 Å². The number of hydrogen-bond acceptors (Lipinski definition) is 4. The van der Waals surface area contributed by atoms with Gasteiger partial charge in [-0.05, 0) is 12.1 Å². The first kappa shape index (κ1) is 12.1. The van der Waals surface area contributed by atoms with E-state index >= 15 is 0 Å². The zero-order valence-corrected chi connectivity index (χ0v) is 10.7. The number of hydrogen-bond donors (Lipinski definition) is 1. The third-order valence-electron chi connectivity index (χ3n) is 2.92. The second-order valence-corrected chi connectivity index (χ2v) is 5.04. The van der Waals surface area contributed by atoms with Gasteiger partial charge in [-0.1, -0.05) is 6.07 Å². The predicted molar refractivity (Wildman–Crippen MR) is 68.2 cm³/mol. The molecule has 4 nitrogen and oxygen atoms in total. The van der Waals surface area contributed by atoms with Crippen LogP contribution in [0.25, 0.3) is 0 Å². The van der Waals surface area contributed by atoms with Crippen molar-refractivity contribution in [3.63, 3.8) is 0 Å². The van der Waals surface area contributed by atoms with Crippen molar-refractivity contribution >= 4 is 23.4 Å². The van der Waals surface area contributed by atoms with E-state index in [1.54, 1.807) is 18.9 Å². The Kier molecular flexibility index (Phi) is 3.47. The lowest BCUT2D eigenvalue weighted by Crippen LogP contribution is -2.38. The van der Waals surface area contributed by atoms with Crippen molar-refractivity contribution in [1.29, 1.82) is 0 Å². The van der Waals surface area contributed by atoms with Crippen LogP contribution >= 0.6 is 11.8 Å². The van der Waals surface area contributed by atoms with Gasteiger partial charge in [0, 0.05) is 23.7 Å². The summed E-state index contributed by atoms with van der Waals surface area (Å²) < 4.78 is 5.33. The van der Waals surface area contributed by atoms with Gasteiger partial charge >= 0.3 is 5.97 Å². The zero-order chi connectivity index (χ0) is 12.4. The summed E-state index contributed by atoms with van der Waals surface area (Å²) in [5, 5.41) is 8.89. The molecule has 0 aliphatic carbocycles. The number of para-hydroxylation sites is 1. The summed E-state index contributed by atoms with van der Waals surface area (Å²) in [6, 6.07) is 5.91. The molecule has 1 aromatic rings. The molecular formula is C12H15NO3S. The monoisotopic (exact) mass is 253 g/mol. The number of carbonyl (C=O) groups is 1. The first-order valence-corrected chi connectivity index (χ1v) is 6.36. The topological polar surface area (TPSA) is 49.8 Å². The van der Waals surface area contributed by atoms with Crippen LogP contribution in [0.2, 0.25) is 0 Å². The molecule has 1 aliphatic heterocycles. The SMILES string of the molecule is COc1cccc2c1N(C)C(CC(=O)O)CS2. The number of aliphatic carboxylic acids is 1. The average Bonchev–Trinajstić information content (AvgIpc) is 2.31. The highest BCUT2D eigenvalue weighted by molar-refractivity contribution is 7.99. The summed E-state index contributed by atoms with van der Waals surface area (Å²) in [5.74, 6) is 0.830. The minimum atomic E-state index is -0.763. The molecular weight excluding hydrogens is 238 g/mol. The highest BCUT2D eigenvalue weighted by Gasteiger charge is 2.28. The number of carboxylic acid groups (broad SMARTS) is 1. The summed E-state index contributed by atoms with van der Waals surface area (Å²) >= 11 is 1.69. The van der Waals surface area contributed by atoms with E-state index < -0.39 is 5.97 Å². The fraction of sp³-hybridized carbons (Fsp3) is 0.417. The number of ether oxygens (including phenoxy) is 1. The van der Waals surface area contributed by atoms with Gasteiger partial charge in [-0.3, -0.25) is 4.79 Å². The molecule has 1 N–H and O–H groups in total. The van der Waals surface area contributed by atoms with E-state index in [1.807, 2.05) is 30.1 Å². The number of carboxylic acids is 1. The smallest absolute Gasteiger partial charge is 0.305 e. The van der Waals surface area contributed by atoms with Crippen LogP contribution < -0.4 is 9.64 Å². The number of rotatable bonds is 3. The molecule has 0 bridgehead atoms. The Morgan fingerprint density at radius 1 is 1.65 bits per heavy atom. The van der Waals surface area contributed by atoms with Gasteiger partial charge in [0.15, 0.2) is 0 Å². The molecule has 92 valence electrons. The molecule has 1 heterocycles. The van der Waals surface area contributed by atoms with Crippen molar-refractivity contribution in [2.24, 2.45) is 0 Å². The molecule has 0 fully saturated rings. The number of thioether (sulfide) groups is 1. The van der Waals surface area contributed by atoms with Crippen LogP contribution in [-0.2, 0) is 4.79 Å². The molecule has 17 heavy (non-hydrogen) atoms. The van der Waals surface area contributed by atoms with Crippen molar-refractivity contribution in [2.75, 3.05) is 24.8 Å². The Hall–Kier alpha value is -1.36. The van der Waals surface area contributed by atoms with Crippen LogP contribution in [0.4, 0.5) is 5.69 Å². The van der Waals surface area contributed by atoms with E-state index in [0.717, 1.165) is 22.1 Å². The second-order valence-electron chi connectivity index (χ2n) is 3.98. The van der Waals surface area contributed by atoms with Gasteiger partial charge < -0.3 is 14.7 Å². The maximum absolute atomic E-state index is 10.8. The first-order valence-electron chi connectivity index (χ1n) is 5.38. The van der Waals surface area contributed by atoms with Crippen LogP contribution in [0.1, 0.15) is 6.42 Å². The van der Waals surface area contributed by atoms with Crippen molar-refractivity contribution in [2.45, 2.75) is 17.4 Å². The van der Waals surface area contributed by atoms with Gasteiger partial charge in [0.1, 0.15) is 5.75 Å². The first-order chi connectivity index (χ1) is 8.13. The maximum Gasteiger partial charge on any atom is 0.305 e. The van der Waals surface area contributed by atoms with Crippen molar-refractivity contribution in [1.82, 2.24) is 0 Å². The molecule has 5 heteroatoms. The molecule has 1 aliphatic rings. The minimum Gasteiger partial charge on any atom is -0.495 e. The molecule has 1 atom stereocenters. The van der Waals surface area contributed by atoms with Gasteiger partial charge in [0.2, 0.25) is 0 Å². The van der Waals surface area contributed by atoms with E-state index in [1.165, 1.54) is 0 Å². The van der Waals surface area contributed by atoms with Gasteiger partial charge in [-0.15, -0.1) is 11.8 Å². The van der Waals surface area contributed by atoms with Crippen molar-refractivity contribution in [3.05, 3.63) is 18.2 Å². The maximum atomic E-state index is 10.8. The average molecular weight is 253 g/mol. The molecule has 0 amide bonds. The molecule has 0 saturated heterocycles. The number of fused-ring (bicyclic) bond motifs is 1. The lowest BCUT2D eigenvalue weighted by Gasteiger charge is -2.35. The van der Waals surface area contributed by atoms with Crippen LogP contribution in [0.15, 0.2) is 23.1 Å². The van der Waals surface area contributed by atoms with E-state index in [9.17, 15) is 4.79 Å². The van der Waals surface area contributed by atoms with Gasteiger partial charge in [0.05, 0.1) is 19.2 Å². The lowest BCUT2D eigenvalue weighted by atomic mass is 10.1. The summed E-state index contributed by atoms with van der Waals surface area (Å²) in [4.78, 5) is 14.0. The Balaban J connectivity index is 2.33. The molecule has 1 unspecified atom stereocenters. The van der Waals surface area contributed by atoms with Crippen LogP contribution in [-0.4, -0.2) is 37.0 Å². The van der Waals surface area contributed by atoms with Crippen LogP contribution in [0, 0.1) is 0 Å². The van der Waals surface area contributed by atoms with Crippen molar-refractivity contribution in [3.8, 4) is 5.75 Å². The third-order valence-corrected chi connectivity index (χ3v) is 4.12.